The third-order valence-corrected chi connectivity index (χ3v) is 5.11. The zero-order valence-electron chi connectivity index (χ0n) is 17.9. The van der Waals surface area contributed by atoms with Crippen LogP contribution in [0.4, 0.5) is 14.6 Å². The van der Waals surface area contributed by atoms with Gasteiger partial charge < -0.3 is 4.90 Å². The molecule has 1 saturated heterocycles. The average Bonchev–Trinajstić information content (AvgIpc) is 2.96. The minimum absolute atomic E-state index is 0.0101. The van der Waals surface area contributed by atoms with Crippen molar-refractivity contribution in [2.24, 2.45) is 0 Å². The van der Waals surface area contributed by atoms with E-state index in [2.05, 4.69) is 19.9 Å². The summed E-state index contributed by atoms with van der Waals surface area (Å²) in [5, 5.41) is 1.62. The Morgan fingerprint density at radius 2 is 1.78 bits per heavy atom. The minimum atomic E-state index is -1.11. The third kappa shape index (κ3) is 4.40. The van der Waals surface area contributed by atoms with E-state index in [1.165, 1.54) is 12.4 Å². The van der Waals surface area contributed by atoms with Gasteiger partial charge in [-0.2, -0.15) is 0 Å². The molecule has 1 aliphatic rings. The molecule has 1 fully saturated rings. The first-order valence-corrected chi connectivity index (χ1v) is 10.1. The molecular formula is C22H22F2N6O2. The van der Waals surface area contributed by atoms with E-state index < -0.39 is 17.5 Å². The molecule has 3 aromatic rings. The maximum atomic E-state index is 14.1. The smallest absolute Gasteiger partial charge is 0.255 e. The van der Waals surface area contributed by atoms with Gasteiger partial charge >= 0.3 is 0 Å². The van der Waals surface area contributed by atoms with Gasteiger partial charge in [0.1, 0.15) is 5.82 Å². The molecule has 2 aromatic heterocycles. The van der Waals surface area contributed by atoms with E-state index in [1.807, 2.05) is 13.8 Å². The summed E-state index contributed by atoms with van der Waals surface area (Å²) in [6.07, 6.45) is 2.95. The van der Waals surface area contributed by atoms with Gasteiger partial charge in [0.25, 0.3) is 5.91 Å². The van der Waals surface area contributed by atoms with Crippen LogP contribution in [0, 0.1) is 25.5 Å². The molecule has 1 aliphatic heterocycles. The second-order valence-corrected chi connectivity index (χ2v) is 7.54. The van der Waals surface area contributed by atoms with E-state index in [-0.39, 0.29) is 36.1 Å². The Kier molecular flexibility index (Phi) is 6.04. The van der Waals surface area contributed by atoms with Gasteiger partial charge in [0, 0.05) is 36.3 Å². The van der Waals surface area contributed by atoms with E-state index in [0.29, 0.717) is 18.2 Å². The number of anilines is 1. The molecule has 0 unspecified atom stereocenters. The van der Waals surface area contributed by atoms with E-state index in [1.54, 1.807) is 29.0 Å². The fourth-order valence-electron chi connectivity index (χ4n) is 3.58. The first-order chi connectivity index (χ1) is 15.3. The number of hydrogen-bond donors (Lipinski definition) is 0. The van der Waals surface area contributed by atoms with Crippen LogP contribution < -0.4 is 5.06 Å². The predicted molar refractivity (Wildman–Crippen MR) is 113 cm³/mol. The van der Waals surface area contributed by atoms with Crippen LogP contribution >= 0.6 is 0 Å². The molecule has 1 amide bonds. The molecule has 0 aliphatic carbocycles. The van der Waals surface area contributed by atoms with Crippen LogP contribution in [0.15, 0.2) is 36.7 Å². The van der Waals surface area contributed by atoms with Gasteiger partial charge in [-0.05, 0) is 39.0 Å². The van der Waals surface area contributed by atoms with Gasteiger partial charge in [-0.15, -0.1) is 0 Å². The summed E-state index contributed by atoms with van der Waals surface area (Å²) in [6.45, 7) is 6.32. The molecule has 1 atom stereocenters. The number of carbonyl (C=O) groups excluding carboxylic acids is 1. The molecule has 8 nitrogen and oxygen atoms in total. The molecule has 166 valence electrons. The number of aromatic nitrogens is 4. The molecule has 1 aromatic carbocycles. The van der Waals surface area contributed by atoms with Crippen molar-refractivity contribution in [1.82, 2.24) is 24.8 Å². The molecular weight excluding hydrogens is 418 g/mol. The van der Waals surface area contributed by atoms with Gasteiger partial charge in [-0.1, -0.05) is 0 Å². The Balaban J connectivity index is 1.64. The molecule has 4 rings (SSSR count). The molecule has 0 saturated carbocycles. The highest BCUT2D eigenvalue weighted by Crippen LogP contribution is 2.26. The van der Waals surface area contributed by atoms with Gasteiger partial charge in [0.15, 0.2) is 23.3 Å². The normalized spacial score (nSPS) is 16.7. The second kappa shape index (κ2) is 8.91. The zero-order chi connectivity index (χ0) is 22.8. The first kappa shape index (κ1) is 21.7. The summed E-state index contributed by atoms with van der Waals surface area (Å²) in [5.41, 5.74) is 0.922. The molecule has 3 heterocycles. The lowest BCUT2D eigenvalue weighted by Crippen LogP contribution is -2.41. The van der Waals surface area contributed by atoms with Gasteiger partial charge in [-0.3, -0.25) is 9.63 Å². The Hall–Kier alpha value is -3.53. The van der Waals surface area contributed by atoms with Gasteiger partial charge in [0.2, 0.25) is 0 Å². The van der Waals surface area contributed by atoms with Crippen LogP contribution in [0.25, 0.3) is 11.4 Å². The number of aryl methyl sites for hydroxylation is 2. The highest BCUT2D eigenvalue weighted by Gasteiger charge is 2.30. The van der Waals surface area contributed by atoms with E-state index in [0.717, 1.165) is 17.8 Å². The van der Waals surface area contributed by atoms with Crippen LogP contribution in [0.1, 0.15) is 28.8 Å². The van der Waals surface area contributed by atoms with Crippen molar-refractivity contribution in [3.8, 4) is 11.4 Å². The van der Waals surface area contributed by atoms with Crippen LogP contribution in [0.3, 0.4) is 0 Å². The van der Waals surface area contributed by atoms with Crippen LogP contribution in [0.5, 0.6) is 0 Å². The predicted octanol–water partition coefficient (Wildman–Crippen LogP) is 3.11. The number of hydroxylamine groups is 1. The maximum absolute atomic E-state index is 14.1. The lowest BCUT2D eigenvalue weighted by molar-refractivity contribution is 0.0600. The zero-order valence-corrected chi connectivity index (χ0v) is 17.9. The molecule has 10 heteroatoms. The van der Waals surface area contributed by atoms with Crippen molar-refractivity contribution in [3.63, 3.8) is 0 Å². The highest BCUT2D eigenvalue weighted by atomic mass is 19.2. The molecule has 0 N–H and O–H groups in total. The van der Waals surface area contributed by atoms with E-state index >= 15 is 0 Å². The Bertz CT molecular complexity index is 1120. The molecule has 0 spiro atoms. The van der Waals surface area contributed by atoms with Crippen molar-refractivity contribution in [2.45, 2.75) is 26.8 Å². The summed E-state index contributed by atoms with van der Waals surface area (Å²) < 4.78 is 28.1. The van der Waals surface area contributed by atoms with Crippen molar-refractivity contribution in [2.75, 3.05) is 24.8 Å². The summed E-state index contributed by atoms with van der Waals surface area (Å²) in [4.78, 5) is 37.8. The SMILES string of the molecule is Cc1cc(N2CCN(C(=O)c3cc(F)c(F)cc3-c3ncccn3)[C@H](C)CO2)nc(C)n1. The van der Waals surface area contributed by atoms with Crippen LogP contribution in [-0.2, 0) is 4.84 Å². The molecule has 0 bridgehead atoms. The Morgan fingerprint density at radius 1 is 1.06 bits per heavy atom. The second-order valence-electron chi connectivity index (χ2n) is 7.54. The van der Waals surface area contributed by atoms with E-state index in [4.69, 9.17) is 4.84 Å². The largest absolute Gasteiger partial charge is 0.332 e. The van der Waals surface area contributed by atoms with Crippen molar-refractivity contribution in [3.05, 3.63) is 65.4 Å². The van der Waals surface area contributed by atoms with Crippen LogP contribution in [-0.4, -0.2) is 56.5 Å². The topological polar surface area (TPSA) is 84.3 Å². The first-order valence-electron chi connectivity index (χ1n) is 10.1. The number of benzene rings is 1. The number of halogens is 2. The van der Waals surface area contributed by atoms with Gasteiger partial charge in [-0.25, -0.2) is 33.8 Å². The standard InChI is InChI=1S/C22H22F2N6O2/c1-13-9-20(28-15(3)27-13)30-8-7-29(14(2)12-32-30)22(31)17-11-19(24)18(23)10-16(17)21-25-5-4-6-26-21/h4-6,9-11,14H,7-8,12H2,1-3H3/t14-/m1/s1. The van der Waals surface area contributed by atoms with Gasteiger partial charge in [0.05, 0.1) is 24.8 Å². The lowest BCUT2D eigenvalue weighted by atomic mass is 10.0. The fraction of sp³-hybridized carbons (Fsp3) is 0.318. The van der Waals surface area contributed by atoms with Crippen LogP contribution in [0.2, 0.25) is 0 Å². The van der Waals surface area contributed by atoms with Crippen molar-refractivity contribution < 1.29 is 18.4 Å². The third-order valence-electron chi connectivity index (χ3n) is 5.11. The lowest BCUT2D eigenvalue weighted by Gasteiger charge is -2.26. The Labute approximate surface area is 183 Å². The number of hydrogen-bond acceptors (Lipinski definition) is 7. The summed E-state index contributed by atoms with van der Waals surface area (Å²) in [5.74, 6) is -1.29. The average molecular weight is 440 g/mol. The molecule has 32 heavy (non-hydrogen) atoms. The summed E-state index contributed by atoms with van der Waals surface area (Å²) in [7, 11) is 0. The number of amides is 1. The number of nitrogens with zero attached hydrogens (tertiary/aromatic N) is 6. The monoisotopic (exact) mass is 440 g/mol. The quantitative estimate of drug-likeness (QED) is 0.619. The summed E-state index contributed by atoms with van der Waals surface area (Å²) in [6, 6.07) is 4.93. The summed E-state index contributed by atoms with van der Waals surface area (Å²) >= 11 is 0. The fourth-order valence-corrected chi connectivity index (χ4v) is 3.58. The van der Waals surface area contributed by atoms with Crippen molar-refractivity contribution >= 4 is 11.7 Å². The Morgan fingerprint density at radius 3 is 2.50 bits per heavy atom. The van der Waals surface area contributed by atoms with E-state index in [9.17, 15) is 13.6 Å². The highest BCUT2D eigenvalue weighted by molar-refractivity contribution is 6.00. The number of rotatable bonds is 3. The number of carbonyl (C=O) groups is 1. The minimum Gasteiger partial charge on any atom is -0.332 e. The molecule has 0 radical (unpaired) electrons. The van der Waals surface area contributed by atoms with Crippen molar-refractivity contribution in [1.29, 1.82) is 0 Å². The maximum Gasteiger partial charge on any atom is 0.255 e.